The molecule has 0 unspecified atom stereocenters. The van der Waals surface area contributed by atoms with Gasteiger partial charge in [0.05, 0.1) is 0 Å². The minimum atomic E-state index is -1.59. The fraction of sp³-hybridized carbons (Fsp3) is 0.0909. The second-order valence-electron chi connectivity index (χ2n) is 12.9. The minimum Gasteiger partial charge on any atom is -0.408 e. The number of hydrogen-bond acceptors (Lipinski definition) is 3. The fourth-order valence-electron chi connectivity index (χ4n) is 8.16. The molecule has 0 amide bonds. The molecule has 1 saturated heterocycles. The van der Waals surface area contributed by atoms with E-state index in [-0.39, 0.29) is 12.1 Å². The number of hydrogen-bond donors (Lipinski definition) is 0. The van der Waals surface area contributed by atoms with Crippen LogP contribution in [0.2, 0.25) is 0 Å². The number of benzene rings is 8. The summed E-state index contributed by atoms with van der Waals surface area (Å²) in [5.74, 6) is 0. The lowest BCUT2D eigenvalue weighted by atomic mass is 9.97. The lowest BCUT2D eigenvalue weighted by Crippen LogP contribution is -2.23. The molecule has 0 aliphatic carbocycles. The van der Waals surface area contributed by atoms with E-state index < -0.39 is 8.16 Å². The third-order valence-corrected chi connectivity index (χ3v) is 11.9. The number of rotatable bonds is 3. The highest BCUT2D eigenvalue weighted by Gasteiger charge is 2.41. The van der Waals surface area contributed by atoms with Crippen molar-refractivity contribution in [3.8, 4) is 0 Å². The summed E-state index contributed by atoms with van der Waals surface area (Å²) in [6.45, 7) is 0. The van der Waals surface area contributed by atoms with Gasteiger partial charge in [0.15, 0.2) is 0 Å². The second-order valence-corrected chi connectivity index (χ2v) is 14.2. The van der Waals surface area contributed by atoms with E-state index in [2.05, 4.69) is 162 Å². The molecule has 0 bridgehead atoms. The van der Waals surface area contributed by atoms with Gasteiger partial charge in [-0.05, 0) is 79.2 Å². The third kappa shape index (κ3) is 4.32. The Labute approximate surface area is 279 Å². The molecule has 1 aliphatic rings. The molecule has 9 aromatic rings. The molecule has 230 valence electrons. The van der Waals surface area contributed by atoms with Crippen LogP contribution in [0.15, 0.2) is 166 Å². The van der Waals surface area contributed by atoms with Crippen LogP contribution in [-0.4, -0.2) is 0 Å². The quantitative estimate of drug-likeness (QED) is 0.193. The van der Waals surface area contributed by atoms with E-state index >= 15 is 0 Å². The highest BCUT2D eigenvalue weighted by molar-refractivity contribution is 7.39. The van der Waals surface area contributed by atoms with E-state index in [1.165, 1.54) is 54.2 Å². The molecule has 48 heavy (non-hydrogen) atoms. The minimum absolute atomic E-state index is 0.108. The molecule has 8 aromatic carbocycles. The van der Waals surface area contributed by atoms with Crippen LogP contribution in [0.5, 0.6) is 0 Å². The van der Waals surface area contributed by atoms with Crippen LogP contribution in [-0.2, 0) is 0 Å². The number of nitrogens with zero attached hydrogens (tertiary/aromatic N) is 1. The highest BCUT2D eigenvalue weighted by Crippen LogP contribution is 2.55. The fourth-order valence-corrected chi connectivity index (χ4v) is 9.96. The zero-order valence-electron chi connectivity index (χ0n) is 26.3. The maximum absolute atomic E-state index is 7.28. The molecule has 2 atom stereocenters. The van der Waals surface area contributed by atoms with Crippen molar-refractivity contribution in [3.63, 3.8) is 0 Å². The summed E-state index contributed by atoms with van der Waals surface area (Å²) in [5, 5.41) is 12.0. The van der Waals surface area contributed by atoms with E-state index in [1.54, 1.807) is 0 Å². The molecule has 0 spiro atoms. The Balaban J connectivity index is 1.32. The molecular formula is C44H32NO2P. The summed E-state index contributed by atoms with van der Waals surface area (Å²) in [6, 6.07) is 57.1. The molecule has 0 radical (unpaired) electrons. The topological polar surface area (TPSA) is 29.5 Å². The predicted molar refractivity (Wildman–Crippen MR) is 202 cm³/mol. The Morgan fingerprint density at radius 3 is 1.23 bits per heavy atom. The summed E-state index contributed by atoms with van der Waals surface area (Å²) >= 11 is 0. The van der Waals surface area contributed by atoms with Gasteiger partial charge >= 0.3 is 8.16 Å². The maximum atomic E-state index is 7.28. The predicted octanol–water partition coefficient (Wildman–Crippen LogP) is 13.1. The van der Waals surface area contributed by atoms with Crippen LogP contribution in [0, 0.1) is 0 Å². The summed E-state index contributed by atoms with van der Waals surface area (Å²) < 4.78 is 17.1. The van der Waals surface area contributed by atoms with Gasteiger partial charge in [0.1, 0.15) is 11.2 Å². The van der Waals surface area contributed by atoms with Gasteiger partial charge in [0.25, 0.3) is 0 Å². The van der Waals surface area contributed by atoms with Crippen molar-refractivity contribution in [1.29, 1.82) is 0 Å². The summed E-state index contributed by atoms with van der Waals surface area (Å²) in [5.41, 5.74) is 4.39. The molecule has 3 nitrogen and oxygen atoms in total. The van der Waals surface area contributed by atoms with Gasteiger partial charge in [-0.1, -0.05) is 146 Å². The molecule has 1 aliphatic heterocycles. The first-order valence-electron chi connectivity index (χ1n) is 16.8. The first-order valence-corrected chi connectivity index (χ1v) is 17.9. The molecule has 2 heterocycles. The average Bonchev–Trinajstić information content (AvgIpc) is 3.50. The third-order valence-electron chi connectivity index (χ3n) is 10.3. The Kier molecular flexibility index (Phi) is 6.43. The first-order chi connectivity index (χ1) is 23.8. The molecule has 4 heteroatoms. The molecule has 0 N–H and O–H groups in total. The average molecular weight is 638 g/mol. The van der Waals surface area contributed by atoms with E-state index in [4.69, 9.17) is 8.39 Å². The first kappa shape index (κ1) is 27.7. The monoisotopic (exact) mass is 637 g/mol. The van der Waals surface area contributed by atoms with Crippen LogP contribution >= 0.6 is 8.16 Å². The van der Waals surface area contributed by atoms with E-state index in [0.29, 0.717) is 0 Å². The summed E-state index contributed by atoms with van der Waals surface area (Å²) in [6.07, 6.45) is 2.01. The molecule has 10 rings (SSSR count). The largest absolute Gasteiger partial charge is 0.408 e. The van der Waals surface area contributed by atoms with Crippen molar-refractivity contribution < 1.29 is 8.39 Å². The van der Waals surface area contributed by atoms with Crippen LogP contribution in [0.1, 0.15) is 36.1 Å². The van der Waals surface area contributed by atoms with Gasteiger partial charge in [0.2, 0.25) is 0 Å². The van der Waals surface area contributed by atoms with Gasteiger partial charge in [-0.3, -0.25) is 0 Å². The molecule has 1 aromatic heterocycles. The molecule has 1 fully saturated rings. The van der Waals surface area contributed by atoms with Gasteiger partial charge < -0.3 is 8.39 Å². The van der Waals surface area contributed by atoms with Gasteiger partial charge in [-0.15, -0.1) is 0 Å². The van der Waals surface area contributed by atoms with Crippen molar-refractivity contribution in [3.05, 3.63) is 169 Å². The Bertz CT molecular complexity index is 2540. The van der Waals surface area contributed by atoms with E-state index in [1.807, 2.05) is 0 Å². The number of fused-ring (bicyclic) bond motifs is 9. The van der Waals surface area contributed by atoms with Crippen molar-refractivity contribution in [2.24, 2.45) is 0 Å². The molecule has 0 saturated carbocycles. The van der Waals surface area contributed by atoms with Crippen molar-refractivity contribution in [2.75, 3.05) is 4.67 Å². The standard InChI is InChI=1S/C44H32NO2P/c1-5-17-33-29(11-1)15-9-21-37(33)39-25-26-40(38-22-10-16-30-12-2-6-18-34(30)38)45(39)48-46-41-27-23-31-13-3-7-19-35(31)43(41)44-36-20-8-4-14-32(36)24-28-42(44)47-48/h1-24,27-28,39-40H,25-26H2/t39-,40-/m1/s1. The van der Waals surface area contributed by atoms with Crippen LogP contribution in [0.4, 0.5) is 0 Å². The lowest BCUT2D eigenvalue weighted by Gasteiger charge is -2.28. The molecular weight excluding hydrogens is 605 g/mol. The Morgan fingerprint density at radius 2 is 0.771 bits per heavy atom. The Hall–Kier alpha value is -5.34. The van der Waals surface area contributed by atoms with Crippen LogP contribution in [0.25, 0.3) is 65.0 Å². The Morgan fingerprint density at radius 1 is 0.396 bits per heavy atom. The summed E-state index contributed by atoms with van der Waals surface area (Å²) in [7, 11) is -1.59. The summed E-state index contributed by atoms with van der Waals surface area (Å²) in [4.78, 5) is 0. The normalized spacial score (nSPS) is 16.9. The van der Waals surface area contributed by atoms with Crippen LogP contribution in [0.3, 0.4) is 0 Å². The van der Waals surface area contributed by atoms with Gasteiger partial charge in [-0.25, -0.2) is 0 Å². The van der Waals surface area contributed by atoms with Crippen molar-refractivity contribution in [2.45, 2.75) is 24.9 Å². The van der Waals surface area contributed by atoms with Crippen molar-refractivity contribution in [1.82, 2.24) is 0 Å². The maximum Gasteiger partial charge on any atom is 0.310 e. The smallest absolute Gasteiger partial charge is 0.310 e. The van der Waals surface area contributed by atoms with E-state index in [9.17, 15) is 0 Å². The van der Waals surface area contributed by atoms with Crippen molar-refractivity contribution >= 4 is 73.2 Å². The van der Waals surface area contributed by atoms with Gasteiger partial charge in [-0.2, -0.15) is 4.67 Å². The second kappa shape index (κ2) is 11.1. The van der Waals surface area contributed by atoms with Crippen LogP contribution < -0.4 is 4.67 Å². The SMILES string of the molecule is c1ccc2c([C@H]3CC[C@H](c4cccc5ccccc45)N3p3oc4ccc5ccccc5c4c4c(ccc5ccccc54)o3)cccc2c1. The zero-order valence-corrected chi connectivity index (χ0v) is 27.2. The highest BCUT2D eigenvalue weighted by atomic mass is 31.1. The zero-order chi connectivity index (χ0) is 31.6. The lowest BCUT2D eigenvalue weighted by molar-refractivity contribution is 0.596. The van der Waals surface area contributed by atoms with Gasteiger partial charge in [0, 0.05) is 22.9 Å². The van der Waals surface area contributed by atoms with E-state index in [0.717, 1.165) is 34.8 Å².